The van der Waals surface area contributed by atoms with E-state index in [1.807, 2.05) is 40.7 Å². The second-order valence-electron chi connectivity index (χ2n) is 12.3. The number of hydrogen-bond donors (Lipinski definition) is 2. The summed E-state index contributed by atoms with van der Waals surface area (Å²) in [6.07, 6.45) is 5.10. The highest BCUT2D eigenvalue weighted by molar-refractivity contribution is 7.85. The highest BCUT2D eigenvalue weighted by Crippen LogP contribution is 2.37. The monoisotopic (exact) mass is 528 g/mol. The van der Waals surface area contributed by atoms with Crippen molar-refractivity contribution < 1.29 is 28.5 Å². The average molecular weight is 529 g/mol. The number of carbonyl (C=O) groups excluding carboxylic acids is 2. The molecule has 207 valence electrons. The Balaban J connectivity index is 1.77. The first kappa shape index (κ1) is 30.7. The van der Waals surface area contributed by atoms with Gasteiger partial charge in [0.25, 0.3) is 0 Å². The summed E-state index contributed by atoms with van der Waals surface area (Å²) in [6.45, 7) is 15.1. The summed E-state index contributed by atoms with van der Waals surface area (Å²) in [7, 11) is -1.07. The fraction of sp³-hybridized carbons (Fsp3) is 0.846. The van der Waals surface area contributed by atoms with Gasteiger partial charge in [0.05, 0.1) is 25.0 Å². The van der Waals surface area contributed by atoms with Crippen LogP contribution in [0.3, 0.4) is 0 Å². The van der Waals surface area contributed by atoms with Crippen LogP contribution in [-0.4, -0.2) is 75.8 Å². The van der Waals surface area contributed by atoms with Gasteiger partial charge in [0.15, 0.2) is 0 Å². The van der Waals surface area contributed by atoms with E-state index >= 15 is 0 Å². The SMILES string of the molecule is CC(C)C[C@@H](/C=C/CC(=O)NC1CC(C)(C)N([O])C(C)(C)C1)NC(=O)OCCS(=O)CC1(C)COC1. The zero-order valence-corrected chi connectivity index (χ0v) is 23.9. The zero-order chi connectivity index (χ0) is 27.1. The standard InChI is InChI=1S/C26H46N3O6S/c1-19(2)13-20(28-23(31)35-11-12-36(33)18-26(7)16-34-17-26)9-8-10-22(30)27-21-14-24(3,4)29(32)25(5,6)15-21/h8-9,19-21H,10-18H2,1-7H3,(H,27,30)(H,28,31)/b9-8+/t20-,36?/m1/s1. The summed E-state index contributed by atoms with van der Waals surface area (Å²) in [6, 6.07) is -0.339. The van der Waals surface area contributed by atoms with E-state index in [1.54, 1.807) is 6.08 Å². The normalized spacial score (nSPS) is 23.1. The summed E-state index contributed by atoms with van der Waals surface area (Å²) >= 11 is 0. The van der Waals surface area contributed by atoms with Gasteiger partial charge in [0, 0.05) is 45.5 Å². The number of hydrogen-bond acceptors (Lipinski definition) is 6. The summed E-state index contributed by atoms with van der Waals surface area (Å²) in [5.74, 6) is 1.06. The van der Waals surface area contributed by atoms with E-state index in [1.165, 1.54) is 0 Å². The first-order valence-electron chi connectivity index (χ1n) is 12.9. The summed E-state index contributed by atoms with van der Waals surface area (Å²) < 4.78 is 22.6. The molecule has 2 fully saturated rings. The highest BCUT2D eigenvalue weighted by atomic mass is 32.2. The Morgan fingerprint density at radius 2 is 1.75 bits per heavy atom. The van der Waals surface area contributed by atoms with Crippen LogP contribution in [0.15, 0.2) is 12.2 Å². The Kier molecular flexibility index (Phi) is 11.0. The molecule has 2 saturated heterocycles. The van der Waals surface area contributed by atoms with E-state index < -0.39 is 28.0 Å². The zero-order valence-electron chi connectivity index (χ0n) is 23.1. The van der Waals surface area contributed by atoms with Crippen molar-refractivity contribution in [2.24, 2.45) is 11.3 Å². The Labute approximate surface area is 219 Å². The minimum absolute atomic E-state index is 0.0354. The summed E-state index contributed by atoms with van der Waals surface area (Å²) in [4.78, 5) is 24.9. The first-order valence-corrected chi connectivity index (χ1v) is 14.4. The second-order valence-corrected chi connectivity index (χ2v) is 13.9. The predicted molar refractivity (Wildman–Crippen MR) is 140 cm³/mol. The Hall–Kier alpha value is -1.49. The van der Waals surface area contributed by atoms with E-state index in [0.717, 1.165) is 5.06 Å². The van der Waals surface area contributed by atoms with Crippen molar-refractivity contribution in [1.82, 2.24) is 15.7 Å². The van der Waals surface area contributed by atoms with Crippen molar-refractivity contribution in [2.75, 3.05) is 31.3 Å². The van der Waals surface area contributed by atoms with E-state index in [9.17, 15) is 19.0 Å². The molecule has 2 heterocycles. The lowest BCUT2D eigenvalue weighted by Crippen LogP contribution is -2.62. The van der Waals surface area contributed by atoms with E-state index in [4.69, 9.17) is 9.47 Å². The third-order valence-corrected chi connectivity index (χ3v) is 8.25. The molecule has 2 aliphatic heterocycles. The molecule has 2 aliphatic rings. The number of carbonyl (C=O) groups is 2. The Morgan fingerprint density at radius 1 is 1.14 bits per heavy atom. The van der Waals surface area contributed by atoms with Gasteiger partial charge < -0.3 is 20.1 Å². The van der Waals surface area contributed by atoms with Gasteiger partial charge in [-0.3, -0.25) is 9.00 Å². The molecule has 0 spiro atoms. The number of ether oxygens (including phenoxy) is 2. The number of piperidine rings is 1. The van der Waals surface area contributed by atoms with Crippen LogP contribution < -0.4 is 10.6 Å². The Bertz CT molecular complexity index is 792. The van der Waals surface area contributed by atoms with Crippen LogP contribution in [-0.2, 0) is 30.3 Å². The maximum atomic E-state index is 12.6. The molecule has 2 atom stereocenters. The fourth-order valence-electron chi connectivity index (χ4n) is 5.10. The van der Waals surface area contributed by atoms with Gasteiger partial charge in [-0.2, -0.15) is 0 Å². The van der Waals surface area contributed by atoms with Crippen LogP contribution >= 0.6 is 0 Å². The van der Waals surface area contributed by atoms with Crippen LogP contribution in [0, 0.1) is 11.3 Å². The van der Waals surface area contributed by atoms with Gasteiger partial charge >= 0.3 is 6.09 Å². The fourth-order valence-corrected chi connectivity index (χ4v) is 6.46. The molecule has 0 aromatic heterocycles. The molecule has 36 heavy (non-hydrogen) atoms. The van der Waals surface area contributed by atoms with E-state index in [-0.39, 0.29) is 36.4 Å². The molecule has 1 unspecified atom stereocenters. The highest BCUT2D eigenvalue weighted by Gasteiger charge is 2.46. The van der Waals surface area contributed by atoms with Gasteiger partial charge in [0.1, 0.15) is 6.61 Å². The van der Waals surface area contributed by atoms with Crippen molar-refractivity contribution >= 4 is 22.8 Å². The largest absolute Gasteiger partial charge is 0.449 e. The molecular formula is C26H46N3O6S. The van der Waals surface area contributed by atoms with Gasteiger partial charge in [-0.1, -0.05) is 32.9 Å². The van der Waals surface area contributed by atoms with Crippen LogP contribution in [0.4, 0.5) is 4.79 Å². The number of alkyl carbamates (subject to hydrolysis) is 1. The first-order chi connectivity index (χ1) is 16.6. The minimum Gasteiger partial charge on any atom is -0.449 e. The summed E-state index contributed by atoms with van der Waals surface area (Å²) in [5, 5.41) is 19.6. The molecule has 10 heteroatoms. The van der Waals surface area contributed by atoms with Gasteiger partial charge in [-0.15, -0.1) is 10.3 Å². The van der Waals surface area contributed by atoms with Crippen molar-refractivity contribution in [2.45, 2.75) is 97.3 Å². The van der Waals surface area contributed by atoms with Crippen LogP contribution in [0.5, 0.6) is 0 Å². The van der Waals surface area contributed by atoms with Crippen LogP contribution in [0.25, 0.3) is 0 Å². The molecule has 0 aromatic carbocycles. The molecule has 2 amide bonds. The molecule has 2 rings (SSSR count). The number of nitrogens with one attached hydrogen (secondary N) is 2. The average Bonchev–Trinajstić information content (AvgIpc) is 2.69. The lowest BCUT2D eigenvalue weighted by molar-refractivity contribution is -0.290. The lowest BCUT2D eigenvalue weighted by Gasteiger charge is -2.50. The van der Waals surface area contributed by atoms with E-state index in [0.29, 0.717) is 49.9 Å². The maximum absolute atomic E-state index is 12.6. The lowest BCUT2D eigenvalue weighted by atomic mass is 9.79. The van der Waals surface area contributed by atoms with Crippen molar-refractivity contribution in [3.8, 4) is 0 Å². The second kappa shape index (κ2) is 12.8. The third-order valence-electron chi connectivity index (χ3n) is 6.61. The molecule has 0 aromatic rings. The predicted octanol–water partition coefficient (Wildman–Crippen LogP) is 3.34. The maximum Gasteiger partial charge on any atom is 0.407 e. The van der Waals surface area contributed by atoms with Gasteiger partial charge in [-0.05, 0) is 52.9 Å². The third kappa shape index (κ3) is 9.76. The van der Waals surface area contributed by atoms with Crippen molar-refractivity contribution in [1.29, 1.82) is 0 Å². The summed E-state index contributed by atoms with van der Waals surface area (Å²) in [5.41, 5.74) is -1.12. The molecular weight excluding hydrogens is 482 g/mol. The minimum atomic E-state index is -1.07. The quantitative estimate of drug-likeness (QED) is 0.375. The smallest absolute Gasteiger partial charge is 0.407 e. The van der Waals surface area contributed by atoms with Crippen molar-refractivity contribution in [3.63, 3.8) is 0 Å². The molecule has 0 saturated carbocycles. The van der Waals surface area contributed by atoms with Crippen molar-refractivity contribution in [3.05, 3.63) is 12.2 Å². The Morgan fingerprint density at radius 3 is 2.28 bits per heavy atom. The van der Waals surface area contributed by atoms with Crippen LogP contribution in [0.2, 0.25) is 0 Å². The molecule has 2 N–H and O–H groups in total. The molecule has 1 radical (unpaired) electrons. The van der Waals surface area contributed by atoms with Gasteiger partial charge in [0.2, 0.25) is 5.91 Å². The van der Waals surface area contributed by atoms with Crippen LogP contribution in [0.1, 0.15) is 74.1 Å². The number of amides is 2. The molecule has 9 nitrogen and oxygen atoms in total. The van der Waals surface area contributed by atoms with Gasteiger partial charge in [-0.25, -0.2) is 4.79 Å². The molecule has 0 bridgehead atoms. The number of rotatable bonds is 12. The van der Waals surface area contributed by atoms with E-state index in [2.05, 4.69) is 24.5 Å². The number of nitrogens with zero attached hydrogens (tertiary/aromatic N) is 1. The topological polar surface area (TPSA) is 117 Å². The molecule has 0 aliphatic carbocycles. The number of hydroxylamine groups is 2.